The number of carbonyl (C=O) groups excluding carboxylic acids is 1. The lowest BCUT2D eigenvalue weighted by Crippen LogP contribution is -2.31. The number of nitro benzene ring substituents is 1. The number of halogens is 1. The van der Waals surface area contributed by atoms with Crippen LogP contribution >= 0.6 is 12.4 Å². The number of nitrogens with two attached hydrogens (primary N) is 1. The van der Waals surface area contributed by atoms with E-state index in [0.29, 0.717) is 5.92 Å². The highest BCUT2D eigenvalue weighted by atomic mass is 35.5. The van der Waals surface area contributed by atoms with Gasteiger partial charge in [-0.15, -0.1) is 12.4 Å². The first-order valence-corrected chi connectivity index (χ1v) is 7.76. The van der Waals surface area contributed by atoms with E-state index in [1.54, 1.807) is 0 Å². The first-order chi connectivity index (χ1) is 11.4. The normalized spacial score (nSPS) is 11.5. The van der Waals surface area contributed by atoms with Crippen LogP contribution in [0.1, 0.15) is 47.3 Å². The summed E-state index contributed by atoms with van der Waals surface area (Å²) in [4.78, 5) is 22.3. The predicted octanol–water partition coefficient (Wildman–Crippen LogP) is 3.57. The quantitative estimate of drug-likeness (QED) is 0.605. The van der Waals surface area contributed by atoms with Crippen LogP contribution < -0.4 is 11.1 Å². The van der Waals surface area contributed by atoms with Crippen molar-refractivity contribution in [1.82, 2.24) is 5.32 Å². The molecule has 0 fully saturated rings. The molecule has 0 aliphatic rings. The number of hydrogen-bond acceptors (Lipinski definition) is 4. The van der Waals surface area contributed by atoms with Gasteiger partial charge in [-0.05, 0) is 23.1 Å². The Balaban J connectivity index is 0.00000312. The molecule has 1 amide bonds. The fraction of sp³-hybridized carbons (Fsp3) is 0.278. The van der Waals surface area contributed by atoms with E-state index in [2.05, 4.69) is 19.2 Å². The van der Waals surface area contributed by atoms with Crippen LogP contribution in [0.3, 0.4) is 0 Å². The number of rotatable bonds is 6. The summed E-state index contributed by atoms with van der Waals surface area (Å²) in [6.45, 7) is 4.49. The summed E-state index contributed by atoms with van der Waals surface area (Å²) < 4.78 is 0. The number of carbonyl (C=O) groups is 1. The van der Waals surface area contributed by atoms with E-state index in [1.165, 1.54) is 29.8 Å². The summed E-state index contributed by atoms with van der Waals surface area (Å²) in [6, 6.07) is 13.2. The number of nitro groups is 1. The maximum Gasteiger partial charge on any atom is 0.270 e. The van der Waals surface area contributed by atoms with E-state index in [9.17, 15) is 14.9 Å². The molecule has 0 radical (unpaired) electrons. The molecule has 2 aromatic rings. The minimum absolute atomic E-state index is 0. The number of benzene rings is 2. The van der Waals surface area contributed by atoms with Crippen LogP contribution in [0.4, 0.5) is 5.69 Å². The SMILES string of the molecule is CC(C)c1ccc(C(N)CNC(=O)c2cccc([N+](=O)[O-])c2)cc1.Cl. The van der Waals surface area contributed by atoms with E-state index in [0.717, 1.165) is 5.56 Å². The standard InChI is InChI=1S/C18H21N3O3.ClH/c1-12(2)13-6-8-14(9-7-13)17(19)11-20-18(22)15-4-3-5-16(10-15)21(23)24;/h3-10,12,17H,11,19H2,1-2H3,(H,20,22);1H. The first kappa shape index (κ1) is 20.6. The third-order valence-electron chi connectivity index (χ3n) is 3.83. The Hall–Kier alpha value is -2.44. The lowest BCUT2D eigenvalue weighted by molar-refractivity contribution is -0.384. The van der Waals surface area contributed by atoms with Crippen molar-refractivity contribution in [3.63, 3.8) is 0 Å². The maximum atomic E-state index is 12.1. The third kappa shape index (κ3) is 5.55. The molecule has 0 saturated heterocycles. The van der Waals surface area contributed by atoms with Crippen molar-refractivity contribution in [1.29, 1.82) is 0 Å². The van der Waals surface area contributed by atoms with E-state index in [-0.39, 0.29) is 42.2 Å². The molecular weight excluding hydrogens is 342 g/mol. The van der Waals surface area contributed by atoms with Crippen LogP contribution in [0.15, 0.2) is 48.5 Å². The fourth-order valence-electron chi connectivity index (χ4n) is 2.31. The van der Waals surface area contributed by atoms with Crippen LogP contribution in [0.2, 0.25) is 0 Å². The molecular formula is C18H22ClN3O3. The van der Waals surface area contributed by atoms with Crippen LogP contribution in [0, 0.1) is 10.1 Å². The van der Waals surface area contributed by atoms with E-state index in [4.69, 9.17) is 5.73 Å². The van der Waals surface area contributed by atoms with Gasteiger partial charge >= 0.3 is 0 Å². The predicted molar refractivity (Wildman–Crippen MR) is 100 cm³/mol. The highest BCUT2D eigenvalue weighted by molar-refractivity contribution is 5.94. The average molecular weight is 364 g/mol. The van der Waals surface area contributed by atoms with E-state index < -0.39 is 4.92 Å². The van der Waals surface area contributed by atoms with Gasteiger partial charge in [0.15, 0.2) is 0 Å². The second kappa shape index (κ2) is 9.15. The molecule has 2 rings (SSSR count). The number of non-ortho nitro benzene ring substituents is 1. The molecule has 6 nitrogen and oxygen atoms in total. The smallest absolute Gasteiger partial charge is 0.270 e. The fourth-order valence-corrected chi connectivity index (χ4v) is 2.31. The van der Waals surface area contributed by atoms with Crippen LogP contribution in [0.25, 0.3) is 0 Å². The zero-order valence-corrected chi connectivity index (χ0v) is 15.0. The minimum atomic E-state index is -0.529. The monoisotopic (exact) mass is 363 g/mol. The molecule has 3 N–H and O–H groups in total. The molecule has 0 aromatic heterocycles. The second-order valence-electron chi connectivity index (χ2n) is 5.95. The zero-order valence-electron chi connectivity index (χ0n) is 14.1. The first-order valence-electron chi connectivity index (χ1n) is 7.76. The molecule has 0 heterocycles. The Morgan fingerprint density at radius 2 is 1.76 bits per heavy atom. The summed E-state index contributed by atoms with van der Waals surface area (Å²) >= 11 is 0. The van der Waals surface area contributed by atoms with Gasteiger partial charge in [-0.25, -0.2) is 0 Å². The van der Waals surface area contributed by atoms with E-state index in [1.807, 2.05) is 24.3 Å². The zero-order chi connectivity index (χ0) is 17.7. The van der Waals surface area contributed by atoms with E-state index >= 15 is 0 Å². The van der Waals surface area contributed by atoms with Crippen molar-refractivity contribution in [3.8, 4) is 0 Å². The molecule has 0 saturated carbocycles. The highest BCUT2D eigenvalue weighted by Gasteiger charge is 2.13. The van der Waals surface area contributed by atoms with Crippen molar-refractivity contribution in [2.24, 2.45) is 5.73 Å². The lowest BCUT2D eigenvalue weighted by Gasteiger charge is -2.14. The van der Waals surface area contributed by atoms with Crippen LogP contribution in [-0.4, -0.2) is 17.4 Å². The summed E-state index contributed by atoms with van der Waals surface area (Å²) in [6.07, 6.45) is 0. The molecule has 134 valence electrons. The molecule has 0 aliphatic heterocycles. The maximum absolute atomic E-state index is 12.1. The van der Waals surface area contributed by atoms with Crippen LogP contribution in [-0.2, 0) is 0 Å². The van der Waals surface area contributed by atoms with Gasteiger partial charge in [-0.3, -0.25) is 14.9 Å². The van der Waals surface area contributed by atoms with Gasteiger partial charge in [-0.1, -0.05) is 44.2 Å². The molecule has 1 unspecified atom stereocenters. The summed E-state index contributed by atoms with van der Waals surface area (Å²) in [5.74, 6) is 0.0665. The Kier molecular flexibility index (Phi) is 7.54. The largest absolute Gasteiger partial charge is 0.350 e. The lowest BCUT2D eigenvalue weighted by atomic mass is 9.99. The number of hydrogen-bond donors (Lipinski definition) is 2. The van der Waals surface area contributed by atoms with Crippen molar-refractivity contribution in [2.45, 2.75) is 25.8 Å². The molecule has 1 atom stereocenters. The molecule has 7 heteroatoms. The molecule has 0 aliphatic carbocycles. The van der Waals surface area contributed by atoms with Crippen molar-refractivity contribution >= 4 is 24.0 Å². The summed E-state index contributed by atoms with van der Waals surface area (Å²) in [5.41, 5.74) is 8.39. The van der Waals surface area contributed by atoms with Gasteiger partial charge < -0.3 is 11.1 Å². The molecule has 25 heavy (non-hydrogen) atoms. The van der Waals surface area contributed by atoms with Crippen molar-refractivity contribution < 1.29 is 9.72 Å². The second-order valence-corrected chi connectivity index (χ2v) is 5.95. The van der Waals surface area contributed by atoms with Gasteiger partial charge in [-0.2, -0.15) is 0 Å². The number of nitrogens with zero attached hydrogens (tertiary/aromatic N) is 1. The Labute approximate surface area is 153 Å². The topological polar surface area (TPSA) is 98.3 Å². The van der Waals surface area contributed by atoms with Crippen molar-refractivity contribution in [2.75, 3.05) is 6.54 Å². The minimum Gasteiger partial charge on any atom is -0.350 e. The van der Waals surface area contributed by atoms with Crippen LogP contribution in [0.5, 0.6) is 0 Å². The van der Waals surface area contributed by atoms with Gasteiger partial charge in [0.05, 0.1) is 4.92 Å². The Morgan fingerprint density at radius 1 is 1.16 bits per heavy atom. The van der Waals surface area contributed by atoms with Gasteiger partial charge in [0.1, 0.15) is 0 Å². The average Bonchev–Trinajstić information content (AvgIpc) is 2.59. The summed E-state index contributed by atoms with van der Waals surface area (Å²) in [5, 5.41) is 13.5. The summed E-state index contributed by atoms with van der Waals surface area (Å²) in [7, 11) is 0. The molecule has 0 spiro atoms. The number of amides is 1. The third-order valence-corrected chi connectivity index (χ3v) is 3.83. The Bertz CT molecular complexity index is 733. The van der Waals surface area contributed by atoms with Crippen molar-refractivity contribution in [3.05, 3.63) is 75.3 Å². The van der Waals surface area contributed by atoms with Gasteiger partial charge in [0.2, 0.25) is 0 Å². The Morgan fingerprint density at radius 3 is 2.32 bits per heavy atom. The number of nitrogens with one attached hydrogen (secondary N) is 1. The van der Waals surface area contributed by atoms with Gasteiger partial charge in [0, 0.05) is 30.3 Å². The molecule has 2 aromatic carbocycles. The highest BCUT2D eigenvalue weighted by Crippen LogP contribution is 2.18. The van der Waals surface area contributed by atoms with Gasteiger partial charge in [0.25, 0.3) is 11.6 Å². The molecule has 0 bridgehead atoms.